The zero-order valence-corrected chi connectivity index (χ0v) is 19.6. The highest BCUT2D eigenvalue weighted by atomic mass is 79.9. The maximum atomic E-state index is 12.1. The van der Waals surface area contributed by atoms with Crippen molar-refractivity contribution in [2.24, 2.45) is 5.10 Å². The molecule has 30 heavy (non-hydrogen) atoms. The van der Waals surface area contributed by atoms with Crippen LogP contribution in [0.25, 0.3) is 0 Å². The van der Waals surface area contributed by atoms with Crippen LogP contribution in [0.4, 0.5) is 0 Å². The van der Waals surface area contributed by atoms with Gasteiger partial charge in [-0.15, -0.1) is 0 Å². The number of carbonyl (C=O) groups is 1. The minimum absolute atomic E-state index is 0.0277. The normalized spacial score (nSPS) is 11.3. The number of carbonyl (C=O) groups excluding carboxylic acids is 1. The van der Waals surface area contributed by atoms with Gasteiger partial charge in [-0.1, -0.05) is 26.8 Å². The van der Waals surface area contributed by atoms with Crippen LogP contribution in [0.2, 0.25) is 0 Å². The summed E-state index contributed by atoms with van der Waals surface area (Å²) in [6, 6.07) is 9.27. The maximum absolute atomic E-state index is 12.1. The summed E-state index contributed by atoms with van der Waals surface area (Å²) in [5.41, 5.74) is 4.31. The van der Waals surface area contributed by atoms with Gasteiger partial charge in [0.15, 0.2) is 18.1 Å². The van der Waals surface area contributed by atoms with Crippen LogP contribution < -0.4 is 24.4 Å². The van der Waals surface area contributed by atoms with Crippen LogP contribution >= 0.6 is 15.9 Å². The average molecular weight is 479 g/mol. The molecular formula is C22H27BrN2O5. The molecule has 2 aromatic rings. The number of methoxy groups -OCH3 is 3. The SMILES string of the molecule is COc1cc(/C=N\NC(=O)COc2ccc(C(C)(C)C)cc2Br)cc(OC)c1OC. The summed E-state index contributed by atoms with van der Waals surface area (Å²) >= 11 is 3.49. The summed E-state index contributed by atoms with van der Waals surface area (Å²) in [6.45, 7) is 6.23. The van der Waals surface area contributed by atoms with E-state index in [1.54, 1.807) is 12.1 Å². The smallest absolute Gasteiger partial charge is 0.277 e. The van der Waals surface area contributed by atoms with E-state index in [2.05, 4.69) is 47.2 Å². The number of rotatable bonds is 8. The van der Waals surface area contributed by atoms with Crippen molar-refractivity contribution in [3.8, 4) is 23.0 Å². The number of benzene rings is 2. The second-order valence-corrected chi connectivity index (χ2v) is 8.29. The third-order valence-corrected chi connectivity index (χ3v) is 4.87. The summed E-state index contributed by atoms with van der Waals surface area (Å²) in [5, 5.41) is 3.96. The molecule has 0 aliphatic rings. The van der Waals surface area contributed by atoms with Crippen LogP contribution in [0, 0.1) is 0 Å². The van der Waals surface area contributed by atoms with Gasteiger partial charge in [0.25, 0.3) is 5.91 Å². The van der Waals surface area contributed by atoms with Crippen LogP contribution in [-0.4, -0.2) is 40.1 Å². The number of nitrogens with zero attached hydrogens (tertiary/aromatic N) is 1. The van der Waals surface area contributed by atoms with Crippen molar-refractivity contribution in [3.63, 3.8) is 0 Å². The first-order valence-corrected chi connectivity index (χ1v) is 10.0. The largest absolute Gasteiger partial charge is 0.493 e. The summed E-state index contributed by atoms with van der Waals surface area (Å²) in [4.78, 5) is 12.1. The first-order chi connectivity index (χ1) is 14.2. The molecule has 1 N–H and O–H groups in total. The molecule has 0 aromatic heterocycles. The first-order valence-electron chi connectivity index (χ1n) is 9.24. The molecule has 0 bridgehead atoms. The van der Waals surface area contributed by atoms with Crippen LogP contribution in [0.5, 0.6) is 23.0 Å². The summed E-state index contributed by atoms with van der Waals surface area (Å²) in [5.74, 6) is 1.68. The van der Waals surface area contributed by atoms with Crippen LogP contribution in [0.1, 0.15) is 31.9 Å². The van der Waals surface area contributed by atoms with Gasteiger partial charge in [0.05, 0.1) is 32.0 Å². The molecule has 0 aliphatic heterocycles. The summed E-state index contributed by atoms with van der Waals surface area (Å²) in [6.07, 6.45) is 1.48. The Morgan fingerprint density at radius 3 is 2.17 bits per heavy atom. The van der Waals surface area contributed by atoms with Gasteiger partial charge in [0.2, 0.25) is 5.75 Å². The molecular weight excluding hydrogens is 452 g/mol. The van der Waals surface area contributed by atoms with E-state index in [1.807, 2.05) is 18.2 Å². The summed E-state index contributed by atoms with van der Waals surface area (Å²) in [7, 11) is 4.59. The predicted octanol–water partition coefficient (Wildman–Crippen LogP) is 4.30. The number of halogens is 1. The molecule has 2 rings (SSSR count). The zero-order valence-electron chi connectivity index (χ0n) is 18.0. The standard InChI is InChI=1S/C22H27BrN2O5/c1-22(2,3)15-7-8-17(16(23)11-15)30-13-20(26)25-24-12-14-9-18(27-4)21(29-6)19(10-14)28-5/h7-12H,13H2,1-6H3,(H,25,26)/b24-12-. The first kappa shape index (κ1) is 23.5. The lowest BCUT2D eigenvalue weighted by Gasteiger charge is -2.20. The Balaban J connectivity index is 1.97. The highest BCUT2D eigenvalue weighted by Gasteiger charge is 2.16. The molecule has 7 nitrogen and oxygen atoms in total. The Labute approximate surface area is 185 Å². The molecule has 0 fully saturated rings. The van der Waals surface area contributed by atoms with Crippen molar-refractivity contribution >= 4 is 28.1 Å². The number of hydrogen-bond acceptors (Lipinski definition) is 6. The Morgan fingerprint density at radius 2 is 1.67 bits per heavy atom. The lowest BCUT2D eigenvalue weighted by molar-refractivity contribution is -0.123. The van der Waals surface area contributed by atoms with E-state index >= 15 is 0 Å². The zero-order chi connectivity index (χ0) is 22.3. The Bertz CT molecular complexity index is 897. The number of nitrogens with one attached hydrogen (secondary N) is 1. The monoisotopic (exact) mass is 478 g/mol. The quantitative estimate of drug-likeness (QED) is 0.451. The van der Waals surface area contributed by atoms with Crippen LogP contribution in [-0.2, 0) is 10.2 Å². The van der Waals surface area contributed by atoms with E-state index in [0.29, 0.717) is 28.6 Å². The van der Waals surface area contributed by atoms with Gasteiger partial charge in [0, 0.05) is 5.56 Å². The van der Waals surface area contributed by atoms with Crippen molar-refractivity contribution in [1.29, 1.82) is 0 Å². The van der Waals surface area contributed by atoms with E-state index < -0.39 is 0 Å². The molecule has 2 aromatic carbocycles. The van der Waals surface area contributed by atoms with E-state index in [0.717, 1.165) is 4.47 Å². The van der Waals surface area contributed by atoms with E-state index in [1.165, 1.54) is 33.1 Å². The molecule has 162 valence electrons. The second kappa shape index (κ2) is 10.3. The number of amides is 1. The minimum atomic E-state index is -0.384. The Hall–Kier alpha value is -2.74. The topological polar surface area (TPSA) is 78.4 Å². The maximum Gasteiger partial charge on any atom is 0.277 e. The molecule has 0 atom stereocenters. The molecule has 0 heterocycles. The second-order valence-electron chi connectivity index (χ2n) is 7.44. The highest BCUT2D eigenvalue weighted by Crippen LogP contribution is 2.37. The van der Waals surface area contributed by atoms with Gasteiger partial charge in [-0.2, -0.15) is 5.10 Å². The fourth-order valence-electron chi connectivity index (χ4n) is 2.61. The lowest BCUT2D eigenvalue weighted by atomic mass is 9.87. The van der Waals surface area contributed by atoms with E-state index in [-0.39, 0.29) is 17.9 Å². The predicted molar refractivity (Wildman–Crippen MR) is 120 cm³/mol. The van der Waals surface area contributed by atoms with Crippen LogP contribution in [0.15, 0.2) is 39.9 Å². The van der Waals surface area contributed by atoms with Gasteiger partial charge in [0.1, 0.15) is 5.75 Å². The fourth-order valence-corrected chi connectivity index (χ4v) is 3.11. The van der Waals surface area contributed by atoms with Gasteiger partial charge in [-0.25, -0.2) is 5.43 Å². The van der Waals surface area contributed by atoms with Gasteiger partial charge >= 0.3 is 0 Å². The molecule has 0 unspecified atom stereocenters. The van der Waals surface area contributed by atoms with Crippen molar-refractivity contribution in [2.75, 3.05) is 27.9 Å². The fraction of sp³-hybridized carbons (Fsp3) is 0.364. The average Bonchev–Trinajstić information content (AvgIpc) is 2.71. The summed E-state index contributed by atoms with van der Waals surface area (Å²) < 4.78 is 22.3. The lowest BCUT2D eigenvalue weighted by Crippen LogP contribution is -2.24. The minimum Gasteiger partial charge on any atom is -0.493 e. The highest BCUT2D eigenvalue weighted by molar-refractivity contribution is 9.10. The molecule has 1 amide bonds. The number of hydrazone groups is 1. The third kappa shape index (κ3) is 6.13. The molecule has 0 aliphatic carbocycles. The van der Waals surface area contributed by atoms with Crippen molar-refractivity contribution in [2.45, 2.75) is 26.2 Å². The van der Waals surface area contributed by atoms with Crippen molar-refractivity contribution in [1.82, 2.24) is 5.43 Å². The Kier molecular flexibility index (Phi) is 8.11. The number of ether oxygens (including phenoxy) is 4. The molecule has 8 heteroatoms. The molecule has 0 saturated heterocycles. The van der Waals surface area contributed by atoms with E-state index in [4.69, 9.17) is 18.9 Å². The number of hydrogen-bond donors (Lipinski definition) is 1. The van der Waals surface area contributed by atoms with Crippen LogP contribution in [0.3, 0.4) is 0 Å². The van der Waals surface area contributed by atoms with E-state index in [9.17, 15) is 4.79 Å². The van der Waals surface area contributed by atoms with Gasteiger partial charge < -0.3 is 18.9 Å². The molecule has 0 spiro atoms. The Morgan fingerprint density at radius 1 is 1.03 bits per heavy atom. The van der Waals surface area contributed by atoms with Crippen molar-refractivity contribution < 1.29 is 23.7 Å². The molecule has 0 saturated carbocycles. The van der Waals surface area contributed by atoms with Gasteiger partial charge in [-0.3, -0.25) is 4.79 Å². The molecule has 0 radical (unpaired) electrons. The van der Waals surface area contributed by atoms with Gasteiger partial charge in [-0.05, 0) is 51.2 Å². The third-order valence-electron chi connectivity index (χ3n) is 4.25. The van der Waals surface area contributed by atoms with Crippen molar-refractivity contribution in [3.05, 3.63) is 45.9 Å².